The van der Waals surface area contributed by atoms with E-state index in [1.807, 2.05) is 0 Å². The zero-order valence-electron chi connectivity index (χ0n) is 8.44. The van der Waals surface area contributed by atoms with Crippen molar-refractivity contribution in [3.63, 3.8) is 0 Å². The van der Waals surface area contributed by atoms with E-state index in [-0.39, 0.29) is 11.8 Å². The van der Waals surface area contributed by atoms with E-state index in [1.165, 1.54) is 17.1 Å². The van der Waals surface area contributed by atoms with E-state index < -0.39 is 0 Å². The molecule has 1 aliphatic heterocycles. The molecule has 4 nitrogen and oxygen atoms in total. The molecule has 0 N–H and O–H groups in total. The summed E-state index contributed by atoms with van der Waals surface area (Å²) in [5.74, 6) is -0.447. The van der Waals surface area contributed by atoms with E-state index in [1.54, 1.807) is 0 Å². The summed E-state index contributed by atoms with van der Waals surface area (Å²) in [5, 5.41) is 0. The van der Waals surface area contributed by atoms with Crippen molar-refractivity contribution in [1.29, 1.82) is 0 Å². The monoisotopic (exact) mass is 315 g/mol. The third-order valence-corrected chi connectivity index (χ3v) is 3.03. The fourth-order valence-electron chi connectivity index (χ4n) is 1.40. The molecule has 0 bridgehead atoms. The molecule has 1 rings (SSSR count). The van der Waals surface area contributed by atoms with Crippen LogP contribution in [0.4, 0.5) is 0 Å². The molecule has 0 aromatic heterocycles. The van der Waals surface area contributed by atoms with Gasteiger partial charge >= 0.3 is 102 Å². The van der Waals surface area contributed by atoms with Gasteiger partial charge in [0.05, 0.1) is 0 Å². The normalized spacial score (nSPS) is 15.1. The van der Waals surface area contributed by atoms with E-state index in [4.69, 9.17) is 0 Å². The minimum atomic E-state index is -0.224. The van der Waals surface area contributed by atoms with Crippen LogP contribution in [-0.2, 0) is 14.4 Å². The van der Waals surface area contributed by atoms with Gasteiger partial charge in [-0.3, -0.25) is 0 Å². The van der Waals surface area contributed by atoms with Crippen molar-refractivity contribution in [2.75, 3.05) is 6.54 Å². The Kier molecular flexibility index (Phi) is 5.01. The van der Waals surface area contributed by atoms with Gasteiger partial charge in [0.15, 0.2) is 0 Å². The molecule has 0 fully saturated rings. The predicted molar refractivity (Wildman–Crippen MR) is 56.5 cm³/mol. The van der Waals surface area contributed by atoms with Crippen LogP contribution in [-0.4, -0.2) is 49.6 Å². The van der Waals surface area contributed by atoms with Crippen LogP contribution in [0.5, 0.6) is 0 Å². The molecule has 80 valence electrons. The second-order valence-electron chi connectivity index (χ2n) is 3.44. The van der Waals surface area contributed by atoms with Gasteiger partial charge in [-0.15, -0.1) is 0 Å². The minimum absolute atomic E-state index is 0.224. The van der Waals surface area contributed by atoms with Crippen molar-refractivity contribution in [3.8, 4) is 0 Å². The molecule has 0 aromatic rings. The van der Waals surface area contributed by atoms with Crippen molar-refractivity contribution < 1.29 is 14.4 Å². The molecule has 0 spiro atoms. The molecule has 2 amide bonds. The van der Waals surface area contributed by atoms with Crippen LogP contribution < -0.4 is 0 Å². The molecule has 0 aliphatic carbocycles. The second-order valence-corrected chi connectivity index (χ2v) is 5.28. The van der Waals surface area contributed by atoms with Gasteiger partial charge in [-0.2, -0.15) is 0 Å². The van der Waals surface area contributed by atoms with E-state index in [0.717, 1.165) is 19.3 Å². The molecule has 1 aliphatic rings. The summed E-state index contributed by atoms with van der Waals surface area (Å²) >= 11 is 0.681. The Hall–Kier alpha value is -0.651. The average Bonchev–Trinajstić information content (AvgIpc) is 2.47. The number of carbonyl (C=O) groups excluding carboxylic acids is 3. The number of carbonyl (C=O) groups is 3. The standard InChI is InChI=1S/C10H12NO3.Sn.H/c12-8-4-2-1-3-7-11-9(13)5-6-10(11)14;;/h5-6H,1-4,7H2;;. The Morgan fingerprint density at radius 2 is 1.73 bits per heavy atom. The van der Waals surface area contributed by atoms with E-state index in [9.17, 15) is 14.4 Å². The van der Waals surface area contributed by atoms with Crippen LogP contribution in [0.2, 0.25) is 0 Å². The molecule has 0 saturated carbocycles. The van der Waals surface area contributed by atoms with Crippen molar-refractivity contribution in [1.82, 2.24) is 4.90 Å². The molecule has 5 heteroatoms. The van der Waals surface area contributed by atoms with E-state index in [0.29, 0.717) is 39.3 Å². The first kappa shape index (κ1) is 12.4. The molecule has 0 unspecified atom stereocenters. The summed E-state index contributed by atoms with van der Waals surface area (Å²) in [5.41, 5.74) is 0. The Morgan fingerprint density at radius 1 is 1.13 bits per heavy atom. The van der Waals surface area contributed by atoms with Crippen molar-refractivity contribution in [3.05, 3.63) is 12.2 Å². The van der Waals surface area contributed by atoms with Crippen LogP contribution in [0.1, 0.15) is 25.7 Å². The fraction of sp³-hybridized carbons (Fsp3) is 0.500. The first-order chi connectivity index (χ1) is 7.11. The molecular weight excluding hydrogens is 301 g/mol. The topological polar surface area (TPSA) is 54.5 Å². The number of nitrogens with zero attached hydrogens (tertiary/aromatic N) is 1. The molecule has 2 radical (unpaired) electrons. The van der Waals surface area contributed by atoms with Crippen molar-refractivity contribution >= 4 is 38.1 Å². The summed E-state index contributed by atoms with van der Waals surface area (Å²) in [4.78, 5) is 34.2. The molecule has 0 saturated heterocycles. The average molecular weight is 314 g/mol. The Morgan fingerprint density at radius 3 is 2.27 bits per heavy atom. The number of amides is 2. The van der Waals surface area contributed by atoms with E-state index in [2.05, 4.69) is 0 Å². The number of hydrogen-bond acceptors (Lipinski definition) is 3. The number of imide groups is 1. The maximum atomic E-state index is 11.1. The third kappa shape index (κ3) is 4.15. The third-order valence-electron chi connectivity index (χ3n) is 2.21. The predicted octanol–water partition coefficient (Wildman–Crippen LogP) is -0.101. The quantitative estimate of drug-likeness (QED) is 0.391. The van der Waals surface area contributed by atoms with Crippen LogP contribution in [0, 0.1) is 0 Å². The summed E-state index contributed by atoms with van der Waals surface area (Å²) in [6.07, 6.45) is 5.77. The van der Waals surface area contributed by atoms with Crippen molar-refractivity contribution in [2.24, 2.45) is 0 Å². The summed E-state index contributed by atoms with van der Waals surface area (Å²) < 4.78 is 0.315. The van der Waals surface area contributed by atoms with Crippen LogP contribution in [0.15, 0.2) is 12.2 Å². The fourth-order valence-corrected chi connectivity index (χ4v) is 1.98. The maximum absolute atomic E-state index is 11.1. The Bertz CT molecular complexity index is 294. The van der Waals surface area contributed by atoms with E-state index >= 15 is 0 Å². The summed E-state index contributed by atoms with van der Waals surface area (Å²) in [6, 6.07) is 0. The number of hydrogen-bond donors (Lipinski definition) is 0. The Labute approximate surface area is 102 Å². The van der Waals surface area contributed by atoms with Gasteiger partial charge in [0.2, 0.25) is 0 Å². The van der Waals surface area contributed by atoms with Gasteiger partial charge in [0, 0.05) is 0 Å². The second kappa shape index (κ2) is 6.05. The first-order valence-electron chi connectivity index (χ1n) is 4.93. The van der Waals surface area contributed by atoms with Gasteiger partial charge in [0.1, 0.15) is 0 Å². The number of rotatable bonds is 6. The summed E-state index contributed by atoms with van der Waals surface area (Å²) in [7, 11) is 0. The molecule has 0 atom stereocenters. The van der Waals surface area contributed by atoms with Gasteiger partial charge in [-0.1, -0.05) is 0 Å². The van der Waals surface area contributed by atoms with Crippen molar-refractivity contribution in [2.45, 2.75) is 25.7 Å². The number of unbranched alkanes of at least 4 members (excludes halogenated alkanes) is 2. The van der Waals surface area contributed by atoms with Crippen LogP contribution in [0.3, 0.4) is 0 Å². The zero-order valence-corrected chi connectivity index (χ0v) is 11.7. The van der Waals surface area contributed by atoms with Crippen LogP contribution in [0.25, 0.3) is 0 Å². The Balaban J connectivity index is 2.13. The first-order valence-corrected chi connectivity index (χ1v) is 6.58. The molecule has 1 heterocycles. The molecular formula is C10H13NO3Sn. The summed E-state index contributed by atoms with van der Waals surface area (Å²) in [6.45, 7) is 0.471. The SMILES string of the molecule is O=[C]([SnH])CCCCCN1C(=O)C=CC1=O. The van der Waals surface area contributed by atoms with Crippen LogP contribution >= 0.6 is 0 Å². The zero-order chi connectivity index (χ0) is 11.3. The van der Waals surface area contributed by atoms with Gasteiger partial charge in [-0.05, 0) is 0 Å². The van der Waals surface area contributed by atoms with Gasteiger partial charge < -0.3 is 0 Å². The van der Waals surface area contributed by atoms with Gasteiger partial charge in [0.25, 0.3) is 0 Å². The molecule has 15 heavy (non-hydrogen) atoms. The molecule has 0 aromatic carbocycles. The van der Waals surface area contributed by atoms with Gasteiger partial charge in [-0.25, -0.2) is 0 Å².